The van der Waals surface area contributed by atoms with Gasteiger partial charge >= 0.3 is 0 Å². The molecule has 3 N–H and O–H groups in total. The summed E-state index contributed by atoms with van der Waals surface area (Å²) < 4.78 is 5.09. The van der Waals surface area contributed by atoms with Crippen molar-refractivity contribution in [2.24, 2.45) is 5.73 Å². The van der Waals surface area contributed by atoms with Crippen molar-refractivity contribution in [2.45, 2.75) is 18.9 Å². The summed E-state index contributed by atoms with van der Waals surface area (Å²) >= 11 is 4.94. The number of thiocarbonyl (C=S) groups is 1. The molecule has 0 aromatic heterocycles. The largest absolute Gasteiger partial charge is 0.389 e. The molecule has 1 aromatic rings. The number of nitrogens with two attached hydrogens (primary N) is 1. The Hall–Kier alpha value is -1.50. The van der Waals surface area contributed by atoms with E-state index in [1.807, 2.05) is 18.2 Å². The molecule has 0 bridgehead atoms. The molecule has 0 atom stereocenters. The summed E-state index contributed by atoms with van der Waals surface area (Å²) in [6, 6.07) is 7.79. The van der Waals surface area contributed by atoms with Gasteiger partial charge in [-0.05, 0) is 25.0 Å². The zero-order chi connectivity index (χ0) is 15.2. The lowest BCUT2D eigenvalue weighted by Gasteiger charge is -2.20. The van der Waals surface area contributed by atoms with E-state index >= 15 is 0 Å². The number of anilines is 1. The third-order valence-corrected chi connectivity index (χ3v) is 3.66. The average molecular weight is 307 g/mol. The lowest BCUT2D eigenvalue weighted by atomic mass is 10.2. The topological polar surface area (TPSA) is 67.6 Å². The van der Waals surface area contributed by atoms with E-state index < -0.39 is 0 Å². The zero-order valence-corrected chi connectivity index (χ0v) is 13.0. The molecular formula is C15H21N3O2S. The van der Waals surface area contributed by atoms with Crippen LogP contribution in [-0.4, -0.2) is 48.6 Å². The van der Waals surface area contributed by atoms with Crippen molar-refractivity contribution in [1.82, 2.24) is 4.90 Å². The van der Waals surface area contributed by atoms with E-state index in [9.17, 15) is 4.79 Å². The second-order valence-corrected chi connectivity index (χ2v) is 5.63. The van der Waals surface area contributed by atoms with Crippen molar-refractivity contribution in [3.63, 3.8) is 0 Å². The molecule has 1 amide bonds. The maximum Gasteiger partial charge on any atom is 0.238 e. The Morgan fingerprint density at radius 1 is 1.52 bits per heavy atom. The maximum atomic E-state index is 12.1. The molecule has 0 spiro atoms. The molecule has 5 nitrogen and oxygen atoms in total. The van der Waals surface area contributed by atoms with Gasteiger partial charge in [0.25, 0.3) is 0 Å². The fourth-order valence-electron chi connectivity index (χ4n) is 2.17. The molecule has 0 saturated heterocycles. The first kappa shape index (κ1) is 15.9. The molecule has 0 aliphatic heterocycles. The van der Waals surface area contributed by atoms with Crippen LogP contribution in [0, 0.1) is 0 Å². The number of amides is 1. The summed E-state index contributed by atoms with van der Waals surface area (Å²) in [6.07, 6.45) is 2.32. The van der Waals surface area contributed by atoms with Crippen molar-refractivity contribution in [3.05, 3.63) is 29.8 Å². The molecule has 1 aliphatic carbocycles. The van der Waals surface area contributed by atoms with Gasteiger partial charge < -0.3 is 15.8 Å². The van der Waals surface area contributed by atoms with Crippen molar-refractivity contribution in [2.75, 3.05) is 32.1 Å². The summed E-state index contributed by atoms with van der Waals surface area (Å²) in [7, 11) is 1.67. The van der Waals surface area contributed by atoms with Crippen LogP contribution in [0.2, 0.25) is 0 Å². The van der Waals surface area contributed by atoms with Gasteiger partial charge in [-0.25, -0.2) is 0 Å². The molecule has 6 heteroatoms. The van der Waals surface area contributed by atoms with Gasteiger partial charge in [0, 0.05) is 30.9 Å². The van der Waals surface area contributed by atoms with Gasteiger partial charge in [0.05, 0.1) is 13.2 Å². The van der Waals surface area contributed by atoms with Crippen LogP contribution in [0.4, 0.5) is 5.69 Å². The molecule has 0 unspecified atom stereocenters. The summed E-state index contributed by atoms with van der Waals surface area (Å²) in [4.78, 5) is 14.6. The van der Waals surface area contributed by atoms with E-state index in [1.54, 1.807) is 13.2 Å². The van der Waals surface area contributed by atoms with Crippen LogP contribution in [0.1, 0.15) is 18.4 Å². The van der Waals surface area contributed by atoms with E-state index in [1.165, 1.54) is 0 Å². The molecule has 1 saturated carbocycles. The molecule has 21 heavy (non-hydrogen) atoms. The van der Waals surface area contributed by atoms with Crippen LogP contribution in [-0.2, 0) is 9.53 Å². The number of ether oxygens (including phenoxy) is 1. The number of nitrogens with zero attached hydrogens (tertiary/aromatic N) is 1. The third-order valence-electron chi connectivity index (χ3n) is 3.42. The minimum absolute atomic E-state index is 0.0295. The highest BCUT2D eigenvalue weighted by Gasteiger charge is 2.29. The van der Waals surface area contributed by atoms with E-state index in [0.29, 0.717) is 29.9 Å². The number of nitrogens with one attached hydrogen (secondary N) is 1. The first-order valence-electron chi connectivity index (χ1n) is 7.03. The highest BCUT2D eigenvalue weighted by molar-refractivity contribution is 7.80. The highest BCUT2D eigenvalue weighted by Crippen LogP contribution is 2.26. The third kappa shape index (κ3) is 5.08. The van der Waals surface area contributed by atoms with Crippen molar-refractivity contribution < 1.29 is 9.53 Å². The number of hydrogen-bond acceptors (Lipinski definition) is 4. The molecule has 1 aromatic carbocycles. The summed E-state index contributed by atoms with van der Waals surface area (Å²) in [5.41, 5.74) is 7.06. The van der Waals surface area contributed by atoms with Crippen LogP contribution < -0.4 is 11.1 Å². The monoisotopic (exact) mass is 307 g/mol. The number of hydrogen-bond donors (Lipinski definition) is 2. The minimum atomic E-state index is -0.0295. The molecule has 0 radical (unpaired) electrons. The number of benzene rings is 1. The first-order chi connectivity index (χ1) is 10.1. The Kier molecular flexibility index (Phi) is 5.67. The van der Waals surface area contributed by atoms with Crippen molar-refractivity contribution >= 4 is 28.8 Å². The van der Waals surface area contributed by atoms with E-state index in [4.69, 9.17) is 22.7 Å². The predicted molar refractivity (Wildman–Crippen MR) is 87.4 cm³/mol. The van der Waals surface area contributed by atoms with Gasteiger partial charge in [-0.2, -0.15) is 0 Å². The van der Waals surface area contributed by atoms with E-state index in [-0.39, 0.29) is 5.91 Å². The van der Waals surface area contributed by atoms with E-state index in [2.05, 4.69) is 10.2 Å². The first-order valence-corrected chi connectivity index (χ1v) is 7.43. The van der Waals surface area contributed by atoms with Gasteiger partial charge in [0.15, 0.2) is 0 Å². The Morgan fingerprint density at radius 3 is 2.90 bits per heavy atom. The van der Waals surface area contributed by atoms with Crippen LogP contribution in [0.5, 0.6) is 0 Å². The summed E-state index contributed by atoms with van der Waals surface area (Å²) in [5, 5.41) is 2.89. The SMILES string of the molecule is COCCN(CC(=O)Nc1cccc(C(N)=S)c1)C1CC1. The minimum Gasteiger partial charge on any atom is -0.389 e. The fraction of sp³-hybridized carbons (Fsp3) is 0.467. The summed E-state index contributed by atoms with van der Waals surface area (Å²) in [5.74, 6) is -0.0295. The highest BCUT2D eigenvalue weighted by atomic mass is 32.1. The molecule has 1 fully saturated rings. The smallest absolute Gasteiger partial charge is 0.238 e. The Labute approximate surface area is 130 Å². The van der Waals surface area contributed by atoms with Crippen molar-refractivity contribution in [3.8, 4) is 0 Å². The van der Waals surface area contributed by atoms with Gasteiger partial charge in [0.2, 0.25) is 5.91 Å². The van der Waals surface area contributed by atoms with Gasteiger partial charge in [-0.15, -0.1) is 0 Å². The second kappa shape index (κ2) is 7.49. The molecular weight excluding hydrogens is 286 g/mol. The molecule has 2 rings (SSSR count). The molecule has 1 aliphatic rings. The standard InChI is InChI=1S/C15H21N3O2S/c1-20-8-7-18(13-5-6-13)10-14(19)17-12-4-2-3-11(9-12)15(16)21/h2-4,9,13H,5-8,10H2,1H3,(H2,16,21)(H,17,19). The van der Waals surface area contributed by atoms with Crippen LogP contribution in [0.25, 0.3) is 0 Å². The molecule has 114 valence electrons. The number of carbonyl (C=O) groups is 1. The normalized spacial score (nSPS) is 14.2. The lowest BCUT2D eigenvalue weighted by Crippen LogP contribution is -2.37. The second-order valence-electron chi connectivity index (χ2n) is 5.19. The summed E-state index contributed by atoms with van der Waals surface area (Å²) in [6.45, 7) is 1.80. The zero-order valence-electron chi connectivity index (χ0n) is 12.2. The van der Waals surface area contributed by atoms with Crippen LogP contribution in [0.15, 0.2) is 24.3 Å². The van der Waals surface area contributed by atoms with Crippen LogP contribution in [0.3, 0.4) is 0 Å². The van der Waals surface area contributed by atoms with Crippen molar-refractivity contribution in [1.29, 1.82) is 0 Å². The van der Waals surface area contributed by atoms with Gasteiger partial charge in [-0.1, -0.05) is 24.4 Å². The average Bonchev–Trinajstić information content (AvgIpc) is 3.28. The quantitative estimate of drug-likeness (QED) is 0.710. The fourth-order valence-corrected chi connectivity index (χ4v) is 2.30. The predicted octanol–water partition coefficient (Wildman–Crippen LogP) is 1.37. The Morgan fingerprint density at radius 2 is 2.29 bits per heavy atom. The van der Waals surface area contributed by atoms with Gasteiger partial charge in [0.1, 0.15) is 4.99 Å². The number of rotatable bonds is 8. The lowest BCUT2D eigenvalue weighted by molar-refractivity contribution is -0.117. The Balaban J connectivity index is 1.90. The Bertz CT molecular complexity index is 517. The number of methoxy groups -OCH3 is 1. The van der Waals surface area contributed by atoms with Gasteiger partial charge in [-0.3, -0.25) is 9.69 Å². The number of carbonyl (C=O) groups excluding carboxylic acids is 1. The molecule has 0 heterocycles. The van der Waals surface area contributed by atoms with E-state index in [0.717, 1.165) is 24.9 Å². The van der Waals surface area contributed by atoms with Crippen LogP contribution >= 0.6 is 12.2 Å². The maximum absolute atomic E-state index is 12.1.